The predicted molar refractivity (Wildman–Crippen MR) is 148 cm³/mol. The van der Waals surface area contributed by atoms with Gasteiger partial charge >= 0.3 is 17.9 Å². The van der Waals surface area contributed by atoms with Gasteiger partial charge in [0.05, 0.1) is 13.2 Å². The van der Waals surface area contributed by atoms with Gasteiger partial charge in [-0.25, -0.2) is 9.59 Å². The number of carbonyl (C=O) groups is 3. The second-order valence-corrected chi connectivity index (χ2v) is 11.0. The fourth-order valence-electron chi connectivity index (χ4n) is 5.06. The normalized spacial score (nSPS) is 19.4. The number of ether oxygens (including phenoxy) is 3. The number of rotatable bonds is 21. The fraction of sp³-hybridized carbons (Fsp3) is 0.839. The first kappa shape index (κ1) is 33.2. The lowest BCUT2D eigenvalue weighted by Gasteiger charge is -2.39. The highest BCUT2D eigenvalue weighted by molar-refractivity contribution is 5.92. The van der Waals surface area contributed by atoms with Gasteiger partial charge in [-0.3, -0.25) is 4.79 Å². The van der Waals surface area contributed by atoms with Crippen molar-refractivity contribution in [3.8, 4) is 0 Å². The summed E-state index contributed by atoms with van der Waals surface area (Å²) in [5.74, 6) is -2.02. The molecule has 6 heteroatoms. The molecule has 0 saturated heterocycles. The molecule has 0 N–H and O–H groups in total. The van der Waals surface area contributed by atoms with E-state index >= 15 is 0 Å². The average molecular weight is 523 g/mol. The molecule has 214 valence electrons. The van der Waals surface area contributed by atoms with Crippen molar-refractivity contribution in [1.29, 1.82) is 0 Å². The van der Waals surface area contributed by atoms with Crippen molar-refractivity contribution in [2.45, 2.75) is 142 Å². The quantitative estimate of drug-likeness (QED) is 0.0660. The third-order valence-electron chi connectivity index (χ3n) is 7.33. The molecule has 0 heterocycles. The molecular formula is C31H54O6. The molecule has 0 aromatic heterocycles. The summed E-state index contributed by atoms with van der Waals surface area (Å²) in [5.41, 5.74) is -1.63. The molecule has 1 fully saturated rings. The molecule has 0 amide bonds. The Morgan fingerprint density at radius 1 is 0.838 bits per heavy atom. The molecule has 37 heavy (non-hydrogen) atoms. The lowest BCUT2D eigenvalue weighted by atomic mass is 9.75. The van der Waals surface area contributed by atoms with E-state index in [9.17, 15) is 14.4 Å². The molecular weight excluding hydrogens is 468 g/mol. The molecule has 0 aromatic rings. The summed E-state index contributed by atoms with van der Waals surface area (Å²) in [6.07, 6.45) is 19.1. The number of carbonyl (C=O) groups excluding carboxylic acids is 3. The molecule has 1 saturated carbocycles. The summed E-state index contributed by atoms with van der Waals surface area (Å²) < 4.78 is 16.8. The van der Waals surface area contributed by atoms with Crippen molar-refractivity contribution in [3.05, 3.63) is 12.7 Å². The number of hydrogen-bond donors (Lipinski definition) is 0. The van der Waals surface area contributed by atoms with Crippen LogP contribution in [0.15, 0.2) is 12.7 Å². The summed E-state index contributed by atoms with van der Waals surface area (Å²) in [5, 5.41) is 0. The topological polar surface area (TPSA) is 78.9 Å². The van der Waals surface area contributed by atoms with E-state index < -0.39 is 29.4 Å². The van der Waals surface area contributed by atoms with Crippen molar-refractivity contribution in [3.63, 3.8) is 0 Å². The Bertz CT molecular complexity index is 658. The van der Waals surface area contributed by atoms with Gasteiger partial charge in [0, 0.05) is 6.08 Å². The van der Waals surface area contributed by atoms with Crippen molar-refractivity contribution in [1.82, 2.24) is 0 Å². The van der Waals surface area contributed by atoms with Crippen molar-refractivity contribution in [2.24, 2.45) is 11.8 Å². The van der Waals surface area contributed by atoms with Gasteiger partial charge < -0.3 is 14.2 Å². The summed E-state index contributed by atoms with van der Waals surface area (Å²) in [6.45, 7) is 10.7. The summed E-state index contributed by atoms with van der Waals surface area (Å²) in [6, 6.07) is 0. The molecule has 1 rings (SSSR count). The van der Waals surface area contributed by atoms with Crippen LogP contribution in [-0.4, -0.2) is 36.7 Å². The second kappa shape index (κ2) is 20.2. The summed E-state index contributed by atoms with van der Waals surface area (Å²) in [7, 11) is 0. The minimum absolute atomic E-state index is 0.255. The zero-order valence-electron chi connectivity index (χ0n) is 24.0. The number of unbranched alkanes of at least 4 members (excludes halogenated alkanes) is 11. The first-order chi connectivity index (χ1) is 17.9. The van der Waals surface area contributed by atoms with Gasteiger partial charge in [-0.05, 0) is 38.0 Å². The number of esters is 3. The molecule has 0 aromatic carbocycles. The summed E-state index contributed by atoms with van der Waals surface area (Å²) in [4.78, 5) is 38.5. The Morgan fingerprint density at radius 3 is 2.00 bits per heavy atom. The fourth-order valence-corrected chi connectivity index (χ4v) is 5.06. The van der Waals surface area contributed by atoms with Gasteiger partial charge in [0.2, 0.25) is 5.60 Å². The third-order valence-corrected chi connectivity index (χ3v) is 7.33. The highest BCUT2D eigenvalue weighted by Crippen LogP contribution is 2.39. The van der Waals surface area contributed by atoms with E-state index in [1.807, 2.05) is 0 Å². The largest absolute Gasteiger partial charge is 0.465 e. The maximum absolute atomic E-state index is 13.2. The smallest absolute Gasteiger partial charge is 0.351 e. The summed E-state index contributed by atoms with van der Waals surface area (Å²) >= 11 is 0. The third kappa shape index (κ3) is 13.5. The molecule has 6 nitrogen and oxygen atoms in total. The van der Waals surface area contributed by atoms with E-state index in [4.69, 9.17) is 14.2 Å². The molecule has 2 unspecified atom stereocenters. The maximum atomic E-state index is 13.2. The van der Waals surface area contributed by atoms with E-state index in [1.54, 1.807) is 0 Å². The van der Waals surface area contributed by atoms with Crippen molar-refractivity contribution >= 4 is 17.9 Å². The Kier molecular flexibility index (Phi) is 18.1. The average Bonchev–Trinajstić information content (AvgIpc) is 2.88. The van der Waals surface area contributed by atoms with Crippen LogP contribution < -0.4 is 0 Å². The first-order valence-electron chi connectivity index (χ1n) is 15.1. The van der Waals surface area contributed by atoms with E-state index in [-0.39, 0.29) is 13.0 Å². The van der Waals surface area contributed by atoms with Crippen LogP contribution in [0.4, 0.5) is 0 Å². The van der Waals surface area contributed by atoms with Crippen LogP contribution in [0, 0.1) is 11.8 Å². The second-order valence-electron chi connectivity index (χ2n) is 11.0. The zero-order chi connectivity index (χ0) is 27.4. The van der Waals surface area contributed by atoms with Crippen LogP contribution in [0.1, 0.15) is 136 Å². The van der Waals surface area contributed by atoms with Crippen LogP contribution in [0.5, 0.6) is 0 Å². The molecule has 0 bridgehead atoms. The van der Waals surface area contributed by atoms with Crippen LogP contribution in [0.3, 0.4) is 0 Å². The predicted octanol–water partition coefficient (Wildman–Crippen LogP) is 7.87. The Balaban J connectivity index is 2.54. The van der Waals surface area contributed by atoms with E-state index in [0.29, 0.717) is 25.4 Å². The van der Waals surface area contributed by atoms with Crippen LogP contribution >= 0.6 is 0 Å². The SMILES string of the molecule is C=CC(=O)OC1(C(=O)OCCCCCC(C)C)CCCCC1C(=O)OCCCCCCCCCCCC. The van der Waals surface area contributed by atoms with E-state index in [2.05, 4.69) is 27.4 Å². The van der Waals surface area contributed by atoms with Gasteiger partial charge in [0.25, 0.3) is 0 Å². The molecule has 1 aliphatic rings. The van der Waals surface area contributed by atoms with Crippen LogP contribution in [0.25, 0.3) is 0 Å². The van der Waals surface area contributed by atoms with E-state index in [1.165, 1.54) is 44.9 Å². The van der Waals surface area contributed by atoms with Crippen LogP contribution in [-0.2, 0) is 28.6 Å². The number of hydrogen-bond acceptors (Lipinski definition) is 6. The van der Waals surface area contributed by atoms with Gasteiger partial charge in [-0.2, -0.15) is 0 Å². The molecule has 1 aliphatic carbocycles. The first-order valence-corrected chi connectivity index (χ1v) is 15.1. The highest BCUT2D eigenvalue weighted by Gasteiger charge is 2.55. The van der Waals surface area contributed by atoms with E-state index in [0.717, 1.165) is 57.4 Å². The lowest BCUT2D eigenvalue weighted by Crippen LogP contribution is -2.55. The van der Waals surface area contributed by atoms with Crippen molar-refractivity contribution < 1.29 is 28.6 Å². The highest BCUT2D eigenvalue weighted by atomic mass is 16.6. The standard InChI is InChI=1S/C31H54O6/c1-5-7-8-9-10-11-12-13-14-19-24-35-29(33)27-22-17-18-23-31(27,37-28(32)6-2)30(34)36-25-20-15-16-21-26(3)4/h6,26-27H,2,5,7-25H2,1,3-4H3. The van der Waals surface area contributed by atoms with Gasteiger partial charge in [-0.15, -0.1) is 0 Å². The minimum Gasteiger partial charge on any atom is -0.465 e. The minimum atomic E-state index is -1.63. The molecule has 0 radical (unpaired) electrons. The molecule has 2 atom stereocenters. The Morgan fingerprint density at radius 2 is 1.41 bits per heavy atom. The van der Waals surface area contributed by atoms with Gasteiger partial charge in [-0.1, -0.05) is 111 Å². The maximum Gasteiger partial charge on any atom is 0.351 e. The molecule has 0 aliphatic heterocycles. The van der Waals surface area contributed by atoms with Gasteiger partial charge in [0.1, 0.15) is 5.92 Å². The Hall–Kier alpha value is -1.85. The Labute approximate surface area is 226 Å². The monoisotopic (exact) mass is 522 g/mol. The lowest BCUT2D eigenvalue weighted by molar-refractivity contribution is -0.198. The zero-order valence-corrected chi connectivity index (χ0v) is 24.0. The van der Waals surface area contributed by atoms with Crippen LogP contribution in [0.2, 0.25) is 0 Å². The van der Waals surface area contributed by atoms with Gasteiger partial charge in [0.15, 0.2) is 0 Å². The van der Waals surface area contributed by atoms with Crippen molar-refractivity contribution in [2.75, 3.05) is 13.2 Å². The molecule has 0 spiro atoms.